The van der Waals surface area contributed by atoms with Gasteiger partial charge in [-0.3, -0.25) is 0 Å². The van der Waals surface area contributed by atoms with E-state index in [0.717, 1.165) is 20.8 Å². The van der Waals surface area contributed by atoms with Crippen LogP contribution in [-0.4, -0.2) is 0 Å². The largest absolute Gasteiger partial charge is 0.320 e. The van der Waals surface area contributed by atoms with Gasteiger partial charge in [0.1, 0.15) is 11.6 Å². The van der Waals surface area contributed by atoms with E-state index < -0.39 is 17.7 Å². The molecule has 0 saturated heterocycles. The molecule has 0 aliphatic heterocycles. The maximum Gasteiger partial charge on any atom is 0.131 e. The van der Waals surface area contributed by atoms with Gasteiger partial charge in [-0.25, -0.2) is 8.78 Å². The van der Waals surface area contributed by atoms with Crippen LogP contribution >= 0.6 is 22.6 Å². The van der Waals surface area contributed by atoms with Crippen molar-refractivity contribution >= 4 is 22.6 Å². The van der Waals surface area contributed by atoms with Crippen LogP contribution in [0.15, 0.2) is 36.4 Å². The highest BCUT2D eigenvalue weighted by molar-refractivity contribution is 14.1. The Kier molecular flexibility index (Phi) is 3.97. The number of benzene rings is 2. The van der Waals surface area contributed by atoms with Crippen molar-refractivity contribution < 1.29 is 8.78 Å². The van der Waals surface area contributed by atoms with E-state index >= 15 is 0 Å². The zero-order valence-corrected chi connectivity index (χ0v) is 11.9. The summed E-state index contributed by atoms with van der Waals surface area (Å²) in [7, 11) is 0. The summed E-state index contributed by atoms with van der Waals surface area (Å²) in [6, 6.07) is 8.61. The van der Waals surface area contributed by atoms with Gasteiger partial charge < -0.3 is 5.73 Å². The molecule has 1 unspecified atom stereocenters. The van der Waals surface area contributed by atoms with Crippen molar-refractivity contribution in [2.45, 2.75) is 13.0 Å². The minimum Gasteiger partial charge on any atom is -0.320 e. The molecule has 1 nitrogen and oxygen atoms in total. The highest BCUT2D eigenvalue weighted by Crippen LogP contribution is 2.28. The molecule has 94 valence electrons. The Labute approximate surface area is 118 Å². The molecule has 2 aromatic carbocycles. The summed E-state index contributed by atoms with van der Waals surface area (Å²) < 4.78 is 27.6. The topological polar surface area (TPSA) is 26.0 Å². The minimum absolute atomic E-state index is 0.305. The standard InChI is InChI=1S/C14H12F2IN/c1-8-3-2-4-11(13(8)17)14(18)10-6-5-9(15)7-12(10)16/h2-7,14H,18H2,1H3. The van der Waals surface area contributed by atoms with E-state index in [1.165, 1.54) is 12.1 Å². The number of nitrogens with two attached hydrogens (primary N) is 1. The lowest BCUT2D eigenvalue weighted by atomic mass is 9.98. The summed E-state index contributed by atoms with van der Waals surface area (Å²) in [5.41, 5.74) is 8.31. The van der Waals surface area contributed by atoms with Crippen LogP contribution in [0.1, 0.15) is 22.7 Å². The summed E-state index contributed by atoms with van der Waals surface area (Å²) in [6.45, 7) is 1.97. The third-order valence-corrected chi connectivity index (χ3v) is 4.33. The van der Waals surface area contributed by atoms with E-state index in [0.29, 0.717) is 5.56 Å². The molecule has 0 aromatic heterocycles. The van der Waals surface area contributed by atoms with Crippen LogP contribution in [-0.2, 0) is 0 Å². The highest BCUT2D eigenvalue weighted by Gasteiger charge is 2.17. The van der Waals surface area contributed by atoms with E-state index in [2.05, 4.69) is 22.6 Å². The van der Waals surface area contributed by atoms with E-state index in [9.17, 15) is 8.78 Å². The third-order valence-electron chi connectivity index (χ3n) is 2.85. The Hall–Kier alpha value is -1.01. The van der Waals surface area contributed by atoms with E-state index in [4.69, 9.17) is 5.73 Å². The van der Waals surface area contributed by atoms with Crippen LogP contribution in [0.5, 0.6) is 0 Å². The molecule has 4 heteroatoms. The monoisotopic (exact) mass is 359 g/mol. The number of halogens is 3. The molecule has 0 amide bonds. The van der Waals surface area contributed by atoms with Gasteiger partial charge in [-0.1, -0.05) is 24.3 Å². The SMILES string of the molecule is Cc1cccc(C(N)c2ccc(F)cc2F)c1I. The molecule has 0 bridgehead atoms. The first kappa shape index (κ1) is 13.4. The zero-order valence-electron chi connectivity index (χ0n) is 9.75. The first-order valence-corrected chi connectivity index (χ1v) is 6.54. The molecule has 0 spiro atoms. The molecule has 2 N–H and O–H groups in total. The summed E-state index contributed by atoms with van der Waals surface area (Å²) >= 11 is 2.19. The Morgan fingerprint density at radius 2 is 1.83 bits per heavy atom. The van der Waals surface area contributed by atoms with E-state index in [-0.39, 0.29) is 0 Å². The summed E-state index contributed by atoms with van der Waals surface area (Å²) in [6.07, 6.45) is 0. The maximum absolute atomic E-state index is 13.7. The van der Waals surface area contributed by atoms with Gasteiger partial charge in [-0.05, 0) is 46.7 Å². The molecular weight excluding hydrogens is 347 g/mol. The molecule has 18 heavy (non-hydrogen) atoms. The number of aryl methyl sites for hydroxylation is 1. The second-order valence-electron chi connectivity index (χ2n) is 4.12. The van der Waals surface area contributed by atoms with Crippen LogP contribution < -0.4 is 5.73 Å². The molecule has 2 aromatic rings. The van der Waals surface area contributed by atoms with Crippen molar-refractivity contribution in [3.05, 3.63) is 68.3 Å². The zero-order chi connectivity index (χ0) is 13.3. The number of hydrogen-bond acceptors (Lipinski definition) is 1. The molecule has 0 heterocycles. The van der Waals surface area contributed by atoms with Gasteiger partial charge in [0.2, 0.25) is 0 Å². The smallest absolute Gasteiger partial charge is 0.131 e. The Bertz CT molecular complexity index is 584. The van der Waals surface area contributed by atoms with Gasteiger partial charge in [0, 0.05) is 15.2 Å². The normalized spacial score (nSPS) is 12.5. The quantitative estimate of drug-likeness (QED) is 0.808. The van der Waals surface area contributed by atoms with Gasteiger partial charge in [0.25, 0.3) is 0 Å². The average Bonchev–Trinajstić information content (AvgIpc) is 2.32. The molecule has 0 saturated carbocycles. The summed E-state index contributed by atoms with van der Waals surface area (Å²) in [5.74, 6) is -1.21. The van der Waals surface area contributed by atoms with Gasteiger partial charge >= 0.3 is 0 Å². The fourth-order valence-corrected chi connectivity index (χ4v) is 2.53. The average molecular weight is 359 g/mol. The summed E-state index contributed by atoms with van der Waals surface area (Å²) in [4.78, 5) is 0. The third kappa shape index (κ3) is 2.54. The number of rotatable bonds is 2. The second kappa shape index (κ2) is 5.32. The number of hydrogen-bond donors (Lipinski definition) is 1. The van der Waals surface area contributed by atoms with Crippen LogP contribution in [0.3, 0.4) is 0 Å². The van der Waals surface area contributed by atoms with E-state index in [1.54, 1.807) is 0 Å². The Balaban J connectivity index is 2.48. The van der Waals surface area contributed by atoms with Gasteiger partial charge in [0.15, 0.2) is 0 Å². The Morgan fingerprint density at radius 1 is 1.11 bits per heavy atom. The molecule has 0 aliphatic rings. The summed E-state index contributed by atoms with van der Waals surface area (Å²) in [5, 5.41) is 0. The molecular formula is C14H12F2IN. The van der Waals surface area contributed by atoms with Crippen molar-refractivity contribution in [3.63, 3.8) is 0 Å². The first-order valence-electron chi connectivity index (χ1n) is 5.46. The van der Waals surface area contributed by atoms with Gasteiger partial charge in [0.05, 0.1) is 6.04 Å². The van der Waals surface area contributed by atoms with Crippen molar-refractivity contribution in [2.24, 2.45) is 5.73 Å². The molecule has 0 aliphatic carbocycles. The van der Waals surface area contributed by atoms with Crippen LogP contribution in [0, 0.1) is 22.1 Å². The van der Waals surface area contributed by atoms with Crippen molar-refractivity contribution in [2.75, 3.05) is 0 Å². The lowest BCUT2D eigenvalue weighted by molar-refractivity contribution is 0.565. The lowest BCUT2D eigenvalue weighted by Gasteiger charge is -2.16. The van der Waals surface area contributed by atoms with Crippen molar-refractivity contribution in [3.8, 4) is 0 Å². The predicted octanol–water partition coefficient (Wildman–Crippen LogP) is 3.93. The van der Waals surface area contributed by atoms with Crippen molar-refractivity contribution in [1.82, 2.24) is 0 Å². The van der Waals surface area contributed by atoms with Crippen LogP contribution in [0.2, 0.25) is 0 Å². The second-order valence-corrected chi connectivity index (χ2v) is 5.20. The Morgan fingerprint density at radius 3 is 2.50 bits per heavy atom. The fourth-order valence-electron chi connectivity index (χ4n) is 1.83. The van der Waals surface area contributed by atoms with E-state index in [1.807, 2.05) is 25.1 Å². The van der Waals surface area contributed by atoms with Crippen molar-refractivity contribution in [1.29, 1.82) is 0 Å². The molecule has 0 radical (unpaired) electrons. The lowest BCUT2D eigenvalue weighted by Crippen LogP contribution is -2.15. The minimum atomic E-state index is -0.611. The fraction of sp³-hybridized carbons (Fsp3) is 0.143. The van der Waals surface area contributed by atoms with Crippen LogP contribution in [0.25, 0.3) is 0 Å². The van der Waals surface area contributed by atoms with Gasteiger partial charge in [-0.2, -0.15) is 0 Å². The predicted molar refractivity (Wildman–Crippen MR) is 76.3 cm³/mol. The maximum atomic E-state index is 13.7. The van der Waals surface area contributed by atoms with Gasteiger partial charge in [-0.15, -0.1) is 0 Å². The molecule has 1 atom stereocenters. The first-order chi connectivity index (χ1) is 8.50. The van der Waals surface area contributed by atoms with Crippen LogP contribution in [0.4, 0.5) is 8.78 Å². The molecule has 0 fully saturated rings. The highest BCUT2D eigenvalue weighted by atomic mass is 127. The molecule has 2 rings (SSSR count).